The van der Waals surface area contributed by atoms with Crippen LogP contribution < -0.4 is 10.2 Å². The summed E-state index contributed by atoms with van der Waals surface area (Å²) >= 11 is 0. The number of carbonyl (C=O) groups excluding carboxylic acids is 3. The highest BCUT2D eigenvalue weighted by Crippen LogP contribution is 2.42. The summed E-state index contributed by atoms with van der Waals surface area (Å²) in [5.74, 6) is -0.811. The zero-order valence-electron chi connectivity index (χ0n) is 12.0. The van der Waals surface area contributed by atoms with Crippen molar-refractivity contribution in [2.75, 3.05) is 4.90 Å². The summed E-state index contributed by atoms with van der Waals surface area (Å²) in [6.45, 7) is 2.04. The maximum atomic E-state index is 12.8. The molecule has 1 aromatic rings. The number of nitrogens with one attached hydrogen (secondary N) is 1. The zero-order valence-corrected chi connectivity index (χ0v) is 12.0. The molecule has 1 N–H and O–H groups in total. The molecule has 21 heavy (non-hydrogen) atoms. The van der Waals surface area contributed by atoms with Gasteiger partial charge in [0.05, 0.1) is 5.69 Å². The Bertz CT molecular complexity index is 600. The van der Waals surface area contributed by atoms with Gasteiger partial charge in [0.1, 0.15) is 5.41 Å². The van der Waals surface area contributed by atoms with E-state index in [2.05, 4.69) is 5.32 Å². The molecule has 1 aliphatic heterocycles. The number of hydrogen-bond donors (Lipinski definition) is 1. The molecule has 1 aliphatic carbocycles. The maximum Gasteiger partial charge on any atom is 0.335 e. The number of carbonyl (C=O) groups is 3. The SMILES string of the molecule is CCc1ccc(N2C(=O)NC(=O)C3(CCCC3)C2=O)cc1. The fourth-order valence-corrected chi connectivity index (χ4v) is 3.21. The molecule has 0 radical (unpaired) electrons. The van der Waals surface area contributed by atoms with Gasteiger partial charge in [-0.25, -0.2) is 9.69 Å². The van der Waals surface area contributed by atoms with Crippen molar-refractivity contribution >= 4 is 23.5 Å². The van der Waals surface area contributed by atoms with Crippen LogP contribution in [-0.4, -0.2) is 17.8 Å². The molecule has 1 saturated carbocycles. The molecule has 5 nitrogen and oxygen atoms in total. The van der Waals surface area contributed by atoms with Gasteiger partial charge in [-0.1, -0.05) is 31.9 Å². The van der Waals surface area contributed by atoms with Crippen LogP contribution in [0.3, 0.4) is 0 Å². The Morgan fingerprint density at radius 2 is 1.71 bits per heavy atom. The van der Waals surface area contributed by atoms with E-state index in [1.165, 1.54) is 0 Å². The van der Waals surface area contributed by atoms with E-state index >= 15 is 0 Å². The average molecular weight is 286 g/mol. The van der Waals surface area contributed by atoms with Gasteiger partial charge >= 0.3 is 6.03 Å². The van der Waals surface area contributed by atoms with Gasteiger partial charge < -0.3 is 0 Å². The first-order chi connectivity index (χ1) is 10.1. The quantitative estimate of drug-likeness (QED) is 0.849. The van der Waals surface area contributed by atoms with Crippen molar-refractivity contribution in [2.24, 2.45) is 5.41 Å². The van der Waals surface area contributed by atoms with Crippen LogP contribution in [-0.2, 0) is 16.0 Å². The third-order valence-electron chi connectivity index (χ3n) is 4.53. The lowest BCUT2D eigenvalue weighted by Crippen LogP contribution is -2.63. The lowest BCUT2D eigenvalue weighted by Gasteiger charge is -2.36. The van der Waals surface area contributed by atoms with Gasteiger partial charge in [-0.3, -0.25) is 14.9 Å². The van der Waals surface area contributed by atoms with Crippen LogP contribution in [0.4, 0.5) is 10.5 Å². The van der Waals surface area contributed by atoms with Crippen LogP contribution in [0.2, 0.25) is 0 Å². The number of urea groups is 1. The van der Waals surface area contributed by atoms with E-state index in [9.17, 15) is 14.4 Å². The first kappa shape index (κ1) is 13.8. The van der Waals surface area contributed by atoms with Gasteiger partial charge in [0, 0.05) is 0 Å². The van der Waals surface area contributed by atoms with Crippen molar-refractivity contribution < 1.29 is 14.4 Å². The van der Waals surface area contributed by atoms with Crippen LogP contribution in [0.15, 0.2) is 24.3 Å². The molecular formula is C16H18N2O3. The summed E-state index contributed by atoms with van der Waals surface area (Å²) < 4.78 is 0. The third-order valence-corrected chi connectivity index (χ3v) is 4.53. The molecular weight excluding hydrogens is 268 g/mol. The second-order valence-electron chi connectivity index (χ2n) is 5.71. The van der Waals surface area contributed by atoms with E-state index in [1.807, 2.05) is 19.1 Å². The molecule has 0 atom stereocenters. The van der Waals surface area contributed by atoms with Crippen LogP contribution in [0, 0.1) is 5.41 Å². The first-order valence-electron chi connectivity index (χ1n) is 7.37. The van der Waals surface area contributed by atoms with E-state index in [0.717, 1.165) is 29.7 Å². The largest absolute Gasteiger partial charge is 0.335 e. The van der Waals surface area contributed by atoms with E-state index in [1.54, 1.807) is 12.1 Å². The molecule has 1 spiro atoms. The lowest BCUT2D eigenvalue weighted by molar-refractivity contribution is -0.142. The fourth-order valence-electron chi connectivity index (χ4n) is 3.21. The van der Waals surface area contributed by atoms with E-state index in [-0.39, 0.29) is 5.91 Å². The van der Waals surface area contributed by atoms with Gasteiger partial charge in [-0.2, -0.15) is 0 Å². The molecule has 2 fully saturated rings. The number of imide groups is 2. The molecule has 110 valence electrons. The smallest absolute Gasteiger partial charge is 0.276 e. The Hall–Kier alpha value is -2.17. The normalized spacial score (nSPS) is 21.0. The Balaban J connectivity index is 1.98. The number of benzene rings is 1. The maximum absolute atomic E-state index is 12.8. The number of aryl methyl sites for hydroxylation is 1. The van der Waals surface area contributed by atoms with Gasteiger partial charge in [0.15, 0.2) is 0 Å². The molecule has 1 aromatic carbocycles. The third kappa shape index (κ3) is 2.04. The summed E-state index contributed by atoms with van der Waals surface area (Å²) in [5.41, 5.74) is 0.612. The highest BCUT2D eigenvalue weighted by atomic mass is 16.2. The Morgan fingerprint density at radius 3 is 2.29 bits per heavy atom. The van der Waals surface area contributed by atoms with Crippen molar-refractivity contribution in [1.82, 2.24) is 5.32 Å². The zero-order chi connectivity index (χ0) is 15.0. The highest BCUT2D eigenvalue weighted by molar-refractivity contribution is 6.30. The summed E-state index contributed by atoms with van der Waals surface area (Å²) in [5, 5.41) is 2.35. The standard InChI is InChI=1S/C16H18N2O3/c1-2-11-5-7-12(8-6-11)18-14(20)16(9-3-4-10-16)13(19)17-15(18)21/h5-8H,2-4,9-10H2,1H3,(H,17,19,21). The fraction of sp³-hybridized carbons (Fsp3) is 0.438. The highest BCUT2D eigenvalue weighted by Gasteiger charge is 2.55. The monoisotopic (exact) mass is 286 g/mol. The minimum atomic E-state index is -1.04. The molecule has 0 bridgehead atoms. The van der Waals surface area contributed by atoms with Crippen molar-refractivity contribution in [3.63, 3.8) is 0 Å². The van der Waals surface area contributed by atoms with Crippen molar-refractivity contribution in [3.8, 4) is 0 Å². The van der Waals surface area contributed by atoms with Gasteiger partial charge in [0.2, 0.25) is 5.91 Å². The minimum absolute atomic E-state index is 0.377. The van der Waals surface area contributed by atoms with Gasteiger partial charge in [-0.05, 0) is 37.0 Å². The lowest BCUT2D eigenvalue weighted by atomic mass is 9.82. The van der Waals surface area contributed by atoms with Crippen LogP contribution in [0.1, 0.15) is 38.2 Å². The van der Waals surface area contributed by atoms with Crippen molar-refractivity contribution in [1.29, 1.82) is 0 Å². The Kier molecular flexibility index (Phi) is 3.27. The molecule has 1 heterocycles. The first-order valence-corrected chi connectivity index (χ1v) is 7.37. The average Bonchev–Trinajstić information content (AvgIpc) is 2.97. The molecule has 2 aliphatic rings. The van der Waals surface area contributed by atoms with E-state index < -0.39 is 17.4 Å². The number of rotatable bonds is 2. The van der Waals surface area contributed by atoms with Gasteiger partial charge in [-0.15, -0.1) is 0 Å². The molecule has 0 aromatic heterocycles. The van der Waals surface area contributed by atoms with E-state index in [0.29, 0.717) is 18.5 Å². The number of barbiturate groups is 1. The summed E-state index contributed by atoms with van der Waals surface area (Å²) in [6.07, 6.45) is 3.62. The molecule has 5 heteroatoms. The molecule has 0 unspecified atom stereocenters. The number of hydrogen-bond acceptors (Lipinski definition) is 3. The Labute approximate surface area is 123 Å². The van der Waals surface area contributed by atoms with Crippen LogP contribution in [0.5, 0.6) is 0 Å². The van der Waals surface area contributed by atoms with E-state index in [4.69, 9.17) is 0 Å². The summed E-state index contributed by atoms with van der Waals surface area (Å²) in [4.78, 5) is 38.1. The summed E-state index contributed by atoms with van der Waals surface area (Å²) in [6, 6.07) is 6.66. The predicted octanol–water partition coefficient (Wildman–Crippen LogP) is 2.39. The minimum Gasteiger partial charge on any atom is -0.276 e. The number of nitrogens with zero attached hydrogens (tertiary/aromatic N) is 1. The van der Waals surface area contributed by atoms with Crippen LogP contribution in [0.25, 0.3) is 0 Å². The van der Waals surface area contributed by atoms with Crippen molar-refractivity contribution in [3.05, 3.63) is 29.8 Å². The topological polar surface area (TPSA) is 66.5 Å². The summed E-state index contributed by atoms with van der Waals surface area (Å²) in [7, 11) is 0. The van der Waals surface area contributed by atoms with Crippen LogP contribution >= 0.6 is 0 Å². The second kappa shape index (κ2) is 4.98. The van der Waals surface area contributed by atoms with Crippen molar-refractivity contribution in [2.45, 2.75) is 39.0 Å². The van der Waals surface area contributed by atoms with Gasteiger partial charge in [0.25, 0.3) is 5.91 Å². The number of anilines is 1. The number of amides is 4. The molecule has 3 rings (SSSR count). The molecule has 4 amide bonds. The molecule has 1 saturated heterocycles. The predicted molar refractivity (Wildman–Crippen MR) is 77.7 cm³/mol. The Morgan fingerprint density at radius 1 is 1.10 bits per heavy atom. The second-order valence-corrected chi connectivity index (χ2v) is 5.71.